The van der Waals surface area contributed by atoms with Gasteiger partial charge in [-0.25, -0.2) is 0 Å². The Morgan fingerprint density at radius 1 is 1.58 bits per heavy atom. The maximum absolute atomic E-state index is 11.4. The first-order valence-corrected chi connectivity index (χ1v) is 5.63. The quantitative estimate of drug-likeness (QED) is 0.738. The van der Waals surface area contributed by atoms with Gasteiger partial charge < -0.3 is 0 Å². The van der Waals surface area contributed by atoms with Gasteiger partial charge in [0.05, 0.1) is 8.66 Å². The third kappa shape index (κ3) is 2.72. The van der Waals surface area contributed by atoms with Gasteiger partial charge in [0.15, 0.2) is 5.78 Å². The first kappa shape index (κ1) is 9.93. The van der Waals surface area contributed by atoms with Gasteiger partial charge in [-0.3, -0.25) is 4.79 Å². The van der Waals surface area contributed by atoms with E-state index >= 15 is 0 Å². The summed E-state index contributed by atoms with van der Waals surface area (Å²) in [6.07, 6.45) is 2.76. The fraction of sp³-hybridized carbons (Fsp3) is 0.444. The molecule has 1 rings (SSSR count). The molecule has 66 valence electrons. The molecule has 1 aromatic rings. The van der Waals surface area contributed by atoms with Crippen molar-refractivity contribution in [3.63, 3.8) is 0 Å². The van der Waals surface area contributed by atoms with Crippen molar-refractivity contribution in [2.24, 2.45) is 0 Å². The highest BCUT2D eigenvalue weighted by molar-refractivity contribution is 9.11. The number of thiophene rings is 1. The van der Waals surface area contributed by atoms with Crippen LogP contribution in [0.4, 0.5) is 0 Å². The van der Waals surface area contributed by atoms with E-state index in [0.29, 0.717) is 6.42 Å². The fourth-order valence-corrected chi connectivity index (χ4v) is 2.28. The van der Waals surface area contributed by atoms with E-state index in [4.69, 9.17) is 0 Å². The number of rotatable bonds is 4. The first-order chi connectivity index (χ1) is 5.74. The fourth-order valence-electron chi connectivity index (χ4n) is 0.925. The summed E-state index contributed by atoms with van der Waals surface area (Å²) in [7, 11) is 0. The molecule has 0 saturated heterocycles. The molecule has 0 fully saturated rings. The highest BCUT2D eigenvalue weighted by Gasteiger charge is 2.06. The van der Waals surface area contributed by atoms with Crippen molar-refractivity contribution in [1.82, 2.24) is 0 Å². The molecule has 0 aliphatic heterocycles. The van der Waals surface area contributed by atoms with E-state index in [9.17, 15) is 4.79 Å². The number of carbonyl (C=O) groups is 1. The van der Waals surface area contributed by atoms with Gasteiger partial charge >= 0.3 is 0 Å². The van der Waals surface area contributed by atoms with Crippen molar-refractivity contribution < 1.29 is 4.79 Å². The molecule has 0 bridgehead atoms. The van der Waals surface area contributed by atoms with E-state index in [1.165, 1.54) is 11.3 Å². The lowest BCUT2D eigenvalue weighted by Crippen LogP contribution is -1.94. The monoisotopic (exact) mass is 246 g/mol. The zero-order chi connectivity index (χ0) is 8.97. The smallest absolute Gasteiger partial charge is 0.172 e. The molecule has 0 amide bonds. The van der Waals surface area contributed by atoms with Crippen LogP contribution in [0.2, 0.25) is 0 Å². The van der Waals surface area contributed by atoms with Crippen molar-refractivity contribution in [2.75, 3.05) is 0 Å². The van der Waals surface area contributed by atoms with Crippen LogP contribution in [0.5, 0.6) is 0 Å². The number of carbonyl (C=O) groups excluding carboxylic acids is 1. The maximum atomic E-state index is 11.4. The number of hydrogen-bond donors (Lipinski definition) is 0. The summed E-state index contributed by atoms with van der Waals surface area (Å²) in [5.74, 6) is 0.271. The molecule has 0 aliphatic carbocycles. The molecule has 3 heteroatoms. The van der Waals surface area contributed by atoms with E-state index in [-0.39, 0.29) is 5.78 Å². The normalized spacial score (nSPS) is 10.2. The number of hydrogen-bond acceptors (Lipinski definition) is 2. The lowest BCUT2D eigenvalue weighted by Gasteiger charge is -1.93. The van der Waals surface area contributed by atoms with Crippen molar-refractivity contribution >= 4 is 33.0 Å². The van der Waals surface area contributed by atoms with Gasteiger partial charge in [-0.05, 0) is 34.5 Å². The van der Waals surface area contributed by atoms with Crippen molar-refractivity contribution in [1.29, 1.82) is 0 Å². The van der Waals surface area contributed by atoms with Crippen LogP contribution < -0.4 is 0 Å². The molecule has 0 atom stereocenters. The van der Waals surface area contributed by atoms with E-state index < -0.39 is 0 Å². The van der Waals surface area contributed by atoms with Gasteiger partial charge in [-0.2, -0.15) is 0 Å². The van der Waals surface area contributed by atoms with Gasteiger partial charge in [-0.1, -0.05) is 13.3 Å². The van der Waals surface area contributed by atoms with E-state index in [1.54, 1.807) is 0 Å². The largest absolute Gasteiger partial charge is 0.293 e. The van der Waals surface area contributed by atoms with Crippen molar-refractivity contribution in [3.05, 3.63) is 20.8 Å². The lowest BCUT2D eigenvalue weighted by atomic mass is 10.2. The van der Waals surface area contributed by atoms with Crippen LogP contribution >= 0.6 is 27.3 Å². The summed E-state index contributed by atoms with van der Waals surface area (Å²) >= 11 is 4.85. The molecule has 0 radical (unpaired) electrons. The topological polar surface area (TPSA) is 17.1 Å². The SMILES string of the molecule is CCCCC(=O)c1ccc(Br)s1. The Balaban J connectivity index is 2.53. The molecule has 1 aromatic heterocycles. The van der Waals surface area contributed by atoms with Gasteiger partial charge in [-0.15, -0.1) is 11.3 Å². The maximum Gasteiger partial charge on any atom is 0.172 e. The third-order valence-electron chi connectivity index (χ3n) is 1.61. The zero-order valence-corrected chi connectivity index (χ0v) is 9.37. The van der Waals surface area contributed by atoms with Crippen molar-refractivity contribution in [2.45, 2.75) is 26.2 Å². The van der Waals surface area contributed by atoms with Crippen LogP contribution in [0.15, 0.2) is 15.9 Å². The summed E-state index contributed by atoms with van der Waals surface area (Å²) in [6.45, 7) is 2.09. The molecule has 1 heterocycles. The Labute approximate surface area is 84.9 Å². The second-order valence-electron chi connectivity index (χ2n) is 2.63. The van der Waals surface area contributed by atoms with Crippen LogP contribution in [-0.2, 0) is 0 Å². The van der Waals surface area contributed by atoms with Crippen LogP contribution in [0, 0.1) is 0 Å². The molecule has 0 aromatic carbocycles. The second kappa shape index (κ2) is 4.77. The Morgan fingerprint density at radius 2 is 2.33 bits per heavy atom. The summed E-state index contributed by atoms with van der Waals surface area (Å²) in [5, 5.41) is 0. The number of ketones is 1. The van der Waals surface area contributed by atoms with Gasteiger partial charge in [0.1, 0.15) is 0 Å². The van der Waals surface area contributed by atoms with Gasteiger partial charge in [0, 0.05) is 6.42 Å². The predicted octanol–water partition coefficient (Wildman–Crippen LogP) is 3.88. The minimum absolute atomic E-state index is 0.271. The molecular weight excluding hydrogens is 236 g/mol. The molecule has 0 N–H and O–H groups in total. The van der Waals surface area contributed by atoms with E-state index in [0.717, 1.165) is 21.5 Å². The number of Topliss-reactive ketones (excluding diaryl/α,β-unsaturated/α-hetero) is 1. The molecule has 0 unspecified atom stereocenters. The molecule has 0 saturated carbocycles. The highest BCUT2D eigenvalue weighted by atomic mass is 79.9. The Morgan fingerprint density at radius 3 is 2.83 bits per heavy atom. The number of unbranched alkanes of at least 4 members (excludes halogenated alkanes) is 1. The zero-order valence-electron chi connectivity index (χ0n) is 6.97. The minimum atomic E-state index is 0.271. The summed E-state index contributed by atoms with van der Waals surface area (Å²) in [6, 6.07) is 3.80. The summed E-state index contributed by atoms with van der Waals surface area (Å²) in [4.78, 5) is 12.3. The van der Waals surface area contributed by atoms with Crippen molar-refractivity contribution in [3.8, 4) is 0 Å². The predicted molar refractivity (Wildman–Crippen MR) is 55.9 cm³/mol. The summed E-state index contributed by atoms with van der Waals surface area (Å²) < 4.78 is 1.03. The molecule has 12 heavy (non-hydrogen) atoms. The number of halogens is 1. The highest BCUT2D eigenvalue weighted by Crippen LogP contribution is 2.23. The van der Waals surface area contributed by atoms with Gasteiger partial charge in [0.2, 0.25) is 0 Å². The van der Waals surface area contributed by atoms with Crippen LogP contribution in [0.3, 0.4) is 0 Å². The standard InChI is InChI=1S/C9H11BrOS/c1-2-3-4-7(11)8-5-6-9(10)12-8/h5-6H,2-4H2,1H3. The van der Waals surface area contributed by atoms with E-state index in [1.807, 2.05) is 12.1 Å². The first-order valence-electron chi connectivity index (χ1n) is 4.02. The van der Waals surface area contributed by atoms with Crippen LogP contribution in [0.1, 0.15) is 35.9 Å². The Hall–Kier alpha value is -0.150. The molecule has 1 nitrogen and oxygen atoms in total. The van der Waals surface area contributed by atoms with Gasteiger partial charge in [0.25, 0.3) is 0 Å². The van der Waals surface area contributed by atoms with E-state index in [2.05, 4.69) is 22.9 Å². The van der Waals surface area contributed by atoms with Crippen LogP contribution in [-0.4, -0.2) is 5.78 Å². The average molecular weight is 247 g/mol. The second-order valence-corrected chi connectivity index (χ2v) is 5.09. The third-order valence-corrected chi connectivity index (χ3v) is 3.27. The Bertz CT molecular complexity index is 267. The molecule has 0 aliphatic rings. The summed E-state index contributed by atoms with van der Waals surface area (Å²) in [5.41, 5.74) is 0. The molecular formula is C9H11BrOS. The average Bonchev–Trinajstić information content (AvgIpc) is 2.47. The minimum Gasteiger partial charge on any atom is -0.293 e. The molecule has 0 spiro atoms. The van der Waals surface area contributed by atoms with Crippen LogP contribution in [0.25, 0.3) is 0 Å². The Kier molecular flexibility index (Phi) is 3.95. The lowest BCUT2D eigenvalue weighted by molar-refractivity contribution is 0.0983.